The molecular formula is C34H35Cl6NS. The van der Waals surface area contributed by atoms with Gasteiger partial charge in [-0.25, -0.2) is 0 Å². The highest BCUT2D eigenvalue weighted by Gasteiger charge is 2.69. The number of hydrogen-bond acceptors (Lipinski definition) is 0. The van der Waals surface area contributed by atoms with Crippen LogP contribution in [0.2, 0.25) is 5.02 Å². The lowest BCUT2D eigenvalue weighted by molar-refractivity contribution is 0.331. The molecule has 6 rings (SSSR count). The van der Waals surface area contributed by atoms with Crippen molar-refractivity contribution in [2.24, 2.45) is 0 Å². The maximum Gasteiger partial charge on any atom is 0.141 e. The molecule has 0 saturated carbocycles. The first-order valence-corrected chi connectivity index (χ1v) is 21.2. The molecule has 2 aliphatic rings. The SMILES string of the molecule is CC1(C)CCC(C)(C)c2cc3c(cc21)CCc1c(-c2ccc(Cl)cc2)cn([C@](C)(c2ccccc2)S(Cl)(Cl)(Cl)(Cl)Cl)c1-3. The van der Waals surface area contributed by atoms with Gasteiger partial charge in [-0.2, -0.15) is 0 Å². The predicted octanol–water partition coefficient (Wildman–Crippen LogP) is 13.3. The molecule has 0 saturated heterocycles. The van der Waals surface area contributed by atoms with Crippen molar-refractivity contribution < 1.29 is 0 Å². The molecule has 1 heterocycles. The number of fused-ring (bicyclic) bond motifs is 4. The van der Waals surface area contributed by atoms with E-state index in [-0.39, 0.29) is 10.8 Å². The minimum absolute atomic E-state index is 0.0285. The third kappa shape index (κ3) is 4.84. The molecule has 1 atom stereocenters. The van der Waals surface area contributed by atoms with E-state index in [2.05, 4.69) is 50.6 Å². The van der Waals surface area contributed by atoms with E-state index < -0.39 is 9.23 Å². The van der Waals surface area contributed by atoms with Gasteiger partial charge in [-0.3, -0.25) is 0 Å². The monoisotopic (exact) mass is 699 g/mol. The van der Waals surface area contributed by atoms with Gasteiger partial charge in [0.25, 0.3) is 0 Å². The fraction of sp³-hybridized carbons (Fsp3) is 0.353. The Balaban J connectivity index is 1.75. The zero-order valence-electron chi connectivity index (χ0n) is 24.4. The van der Waals surface area contributed by atoms with Crippen LogP contribution in [0.1, 0.15) is 75.3 Å². The van der Waals surface area contributed by atoms with Gasteiger partial charge in [-0.15, -0.1) is 0 Å². The van der Waals surface area contributed by atoms with Crippen LogP contribution in [0.15, 0.2) is 72.9 Å². The minimum Gasteiger partial charge on any atom is -0.325 e. The fourth-order valence-corrected chi connectivity index (χ4v) is 10.6. The molecule has 0 radical (unpaired) electrons. The smallest absolute Gasteiger partial charge is 0.141 e. The number of benzene rings is 3. The van der Waals surface area contributed by atoms with Crippen molar-refractivity contribution >= 4 is 69.4 Å². The lowest BCUT2D eigenvalue weighted by Crippen LogP contribution is -2.40. The predicted molar refractivity (Wildman–Crippen MR) is 189 cm³/mol. The van der Waals surface area contributed by atoms with Crippen molar-refractivity contribution in [3.63, 3.8) is 0 Å². The van der Waals surface area contributed by atoms with Gasteiger partial charge in [0, 0.05) is 26.7 Å². The third-order valence-corrected chi connectivity index (χ3v) is 16.5. The summed E-state index contributed by atoms with van der Waals surface area (Å²) in [5, 5.41) is 0.676. The molecule has 0 spiro atoms. The summed E-state index contributed by atoms with van der Waals surface area (Å²) in [5.74, 6) is 0. The molecule has 3 aromatic carbocycles. The van der Waals surface area contributed by atoms with E-state index in [1.807, 2.05) is 61.5 Å². The fourth-order valence-electron chi connectivity index (χ4n) is 6.95. The van der Waals surface area contributed by atoms with Crippen molar-refractivity contribution in [1.29, 1.82) is 0 Å². The standard InChI is InChI=1S/C34H35Cl6NS/c1-32(2)17-18-33(3,4)30-20-27-23(19-29(30)32)13-16-26-28(22-11-14-25(35)15-12-22)21-41(31(26)27)34(5,42(36,37,38,39)40)24-9-7-6-8-10-24/h6-12,14-15,19-21H,13,16-18H2,1-5H3/t34-/m0/s1. The molecule has 0 fully saturated rings. The first-order valence-electron chi connectivity index (χ1n) is 14.2. The lowest BCUT2D eigenvalue weighted by atomic mass is 9.62. The topological polar surface area (TPSA) is 4.93 Å². The molecule has 1 aromatic heterocycles. The largest absolute Gasteiger partial charge is 0.325 e. The average molecular weight is 702 g/mol. The van der Waals surface area contributed by atoms with E-state index in [0.29, 0.717) is 10.6 Å². The van der Waals surface area contributed by atoms with Crippen LogP contribution in [0.3, 0.4) is 0 Å². The van der Waals surface area contributed by atoms with Gasteiger partial charge in [0.2, 0.25) is 0 Å². The van der Waals surface area contributed by atoms with E-state index in [1.165, 1.54) is 22.3 Å². The number of hydrogen-bond donors (Lipinski definition) is 0. The van der Waals surface area contributed by atoms with Crippen LogP contribution in [-0.4, -0.2) is 4.57 Å². The number of aromatic nitrogens is 1. The Morgan fingerprint density at radius 1 is 0.738 bits per heavy atom. The van der Waals surface area contributed by atoms with Crippen molar-refractivity contribution in [2.45, 2.75) is 76.0 Å². The second kappa shape index (κ2) is 9.29. The second-order valence-corrected chi connectivity index (χ2v) is 32.9. The highest BCUT2D eigenvalue weighted by Crippen LogP contribution is 3.15. The average Bonchev–Trinajstić information content (AvgIpc) is 3.30. The van der Waals surface area contributed by atoms with Crippen molar-refractivity contribution in [3.8, 4) is 22.4 Å². The van der Waals surface area contributed by atoms with Crippen LogP contribution in [0.4, 0.5) is 0 Å². The Morgan fingerprint density at radius 3 is 1.88 bits per heavy atom. The van der Waals surface area contributed by atoms with Crippen LogP contribution in [0.25, 0.3) is 22.4 Å². The molecule has 1 nitrogen and oxygen atoms in total. The molecule has 0 amide bonds. The van der Waals surface area contributed by atoms with Gasteiger partial charge in [-0.1, -0.05) is 87.8 Å². The van der Waals surface area contributed by atoms with Crippen LogP contribution in [0.5, 0.6) is 0 Å². The Labute approximate surface area is 276 Å². The van der Waals surface area contributed by atoms with Crippen LogP contribution >= 0.6 is 69.4 Å². The van der Waals surface area contributed by atoms with Gasteiger partial charge >= 0.3 is 0 Å². The summed E-state index contributed by atoms with van der Waals surface area (Å²) in [6.07, 6.45) is 6.08. The molecule has 0 unspecified atom stereocenters. The van der Waals surface area contributed by atoms with Crippen molar-refractivity contribution in [2.75, 3.05) is 0 Å². The molecule has 2 aliphatic carbocycles. The normalized spacial score (nSPS) is 20.4. The second-order valence-electron chi connectivity index (χ2n) is 13.4. The van der Waals surface area contributed by atoms with E-state index in [9.17, 15) is 0 Å². The van der Waals surface area contributed by atoms with E-state index in [1.54, 1.807) is 0 Å². The molecule has 4 aromatic rings. The van der Waals surface area contributed by atoms with Gasteiger partial charge < -0.3 is 4.57 Å². The van der Waals surface area contributed by atoms with Crippen molar-refractivity contribution in [1.82, 2.24) is 4.57 Å². The van der Waals surface area contributed by atoms with Crippen LogP contribution in [0, 0.1) is 0 Å². The number of halogens is 6. The summed E-state index contributed by atoms with van der Waals surface area (Å²) in [4.78, 5) is -1.44. The third-order valence-electron chi connectivity index (χ3n) is 9.76. The quantitative estimate of drug-likeness (QED) is 0.200. The molecule has 8 heteroatoms. The maximum absolute atomic E-state index is 7.11. The summed E-state index contributed by atoms with van der Waals surface area (Å²) < 4.78 is -3.35. The van der Waals surface area contributed by atoms with Crippen molar-refractivity contribution in [3.05, 3.63) is 106 Å². The van der Waals surface area contributed by atoms with E-state index in [4.69, 9.17) is 65.0 Å². The molecular weight excluding hydrogens is 667 g/mol. The Kier molecular flexibility index (Phi) is 6.86. The summed E-state index contributed by atoms with van der Waals surface area (Å²) in [6.45, 7) is 11.3. The summed E-state index contributed by atoms with van der Waals surface area (Å²) in [7, 11) is 35.5. The number of aryl methyl sites for hydroxylation is 1. The zero-order valence-corrected chi connectivity index (χ0v) is 29.7. The van der Waals surface area contributed by atoms with Gasteiger partial charge in [0.15, 0.2) is 0 Å². The lowest BCUT2D eigenvalue weighted by Gasteiger charge is -2.63. The van der Waals surface area contributed by atoms with E-state index >= 15 is 0 Å². The minimum atomic E-state index is -5.41. The highest BCUT2D eigenvalue weighted by atomic mass is 36.6. The zero-order chi connectivity index (χ0) is 30.6. The maximum atomic E-state index is 7.11. The van der Waals surface area contributed by atoms with Gasteiger partial charge in [0.05, 0.1) is 5.69 Å². The van der Waals surface area contributed by atoms with Gasteiger partial charge in [0.1, 0.15) is 4.87 Å². The van der Waals surface area contributed by atoms with E-state index in [0.717, 1.165) is 48.1 Å². The first kappa shape index (κ1) is 31.0. The van der Waals surface area contributed by atoms with Gasteiger partial charge in [-0.05, 0) is 148 Å². The van der Waals surface area contributed by atoms with Crippen LogP contribution < -0.4 is 0 Å². The van der Waals surface area contributed by atoms with Crippen LogP contribution in [-0.2, 0) is 28.5 Å². The molecule has 0 N–H and O–H groups in total. The molecule has 42 heavy (non-hydrogen) atoms. The Hall–Kier alpha value is -0.970. The summed E-state index contributed by atoms with van der Waals surface area (Å²) in [5.41, 5.74) is 10.3. The number of nitrogens with zero attached hydrogens (tertiary/aromatic N) is 1. The Bertz CT molecular complexity index is 1720. The number of rotatable bonds is 4. The molecule has 0 aliphatic heterocycles. The Morgan fingerprint density at radius 2 is 1.31 bits per heavy atom. The molecule has 0 bridgehead atoms. The molecule has 224 valence electrons. The summed E-state index contributed by atoms with van der Waals surface area (Å²) in [6, 6.07) is 22.3. The highest BCUT2D eigenvalue weighted by molar-refractivity contribution is 9.23. The first-order chi connectivity index (χ1) is 19.2. The summed E-state index contributed by atoms with van der Waals surface area (Å²) >= 11 is 6.29.